The second-order valence-electron chi connectivity index (χ2n) is 7.39. The quantitative estimate of drug-likeness (QED) is 0.204. The van der Waals surface area contributed by atoms with Crippen molar-refractivity contribution in [1.29, 1.82) is 0 Å². The summed E-state index contributed by atoms with van der Waals surface area (Å²) >= 11 is 1.28. The van der Waals surface area contributed by atoms with Gasteiger partial charge in [0.1, 0.15) is 5.58 Å². The van der Waals surface area contributed by atoms with Gasteiger partial charge in [-0.05, 0) is 38.1 Å². The van der Waals surface area contributed by atoms with E-state index in [1.807, 2.05) is 37.3 Å². The van der Waals surface area contributed by atoms with Crippen LogP contribution in [0, 0.1) is 0 Å². The molecule has 0 atom stereocenters. The summed E-state index contributed by atoms with van der Waals surface area (Å²) < 4.78 is 16.4. The summed E-state index contributed by atoms with van der Waals surface area (Å²) in [6.45, 7) is 4.03. The van der Waals surface area contributed by atoms with E-state index in [9.17, 15) is 9.59 Å². The Kier molecular flexibility index (Phi) is 5.69. The van der Waals surface area contributed by atoms with E-state index in [-0.39, 0.29) is 0 Å². The number of benzene rings is 2. The van der Waals surface area contributed by atoms with Gasteiger partial charge in [0.2, 0.25) is 5.13 Å². The number of ether oxygens (including phenoxy) is 1. The maximum Gasteiger partial charge on any atom is 0.345 e. The largest absolute Gasteiger partial charge is 0.490 e. The molecule has 3 aromatic heterocycles. The van der Waals surface area contributed by atoms with E-state index in [4.69, 9.17) is 13.6 Å². The molecule has 1 N–H and O–H groups in total. The Balaban J connectivity index is 1.42. The van der Waals surface area contributed by atoms with Crippen molar-refractivity contribution in [2.75, 3.05) is 12.0 Å². The number of anilines is 1. The smallest absolute Gasteiger partial charge is 0.345 e. The van der Waals surface area contributed by atoms with Gasteiger partial charge in [-0.15, -0.1) is 11.3 Å². The highest BCUT2D eigenvalue weighted by Gasteiger charge is 2.14. The maximum absolute atomic E-state index is 12.6. The molecule has 0 unspecified atom stereocenters. The topological polar surface area (TPSA) is 107 Å². The van der Waals surface area contributed by atoms with Gasteiger partial charge in [-0.2, -0.15) is 5.10 Å². The van der Waals surface area contributed by atoms with Crippen LogP contribution < -0.4 is 21.4 Å². The van der Waals surface area contributed by atoms with Gasteiger partial charge in [0.25, 0.3) is 0 Å². The second-order valence-corrected chi connectivity index (χ2v) is 8.25. The van der Waals surface area contributed by atoms with Crippen molar-refractivity contribution < 1.29 is 13.6 Å². The number of thiazole rings is 1. The molecule has 0 aliphatic heterocycles. The van der Waals surface area contributed by atoms with Crippen LogP contribution in [0.15, 0.2) is 83.5 Å². The molecular weight excluding hydrogens is 454 g/mol. The van der Waals surface area contributed by atoms with Crippen molar-refractivity contribution in [1.82, 2.24) is 4.98 Å². The highest BCUT2D eigenvalue weighted by Crippen LogP contribution is 2.26. The molecule has 34 heavy (non-hydrogen) atoms. The van der Waals surface area contributed by atoms with Gasteiger partial charge in [-0.25, -0.2) is 14.6 Å². The lowest BCUT2D eigenvalue weighted by molar-refractivity contribution is 0.337. The third-order valence-electron chi connectivity index (χ3n) is 5.15. The summed E-state index contributed by atoms with van der Waals surface area (Å²) in [5.74, 6) is 0.518. The van der Waals surface area contributed by atoms with Crippen molar-refractivity contribution in [3.05, 3.63) is 86.4 Å². The summed E-state index contributed by atoms with van der Waals surface area (Å²) in [7, 11) is 0. The number of fused-ring (bicyclic) bond motifs is 2. The summed E-state index contributed by atoms with van der Waals surface area (Å²) in [4.78, 5) is 29.4. The average molecular weight is 474 g/mol. The number of rotatable bonds is 6. The predicted molar refractivity (Wildman–Crippen MR) is 133 cm³/mol. The zero-order chi connectivity index (χ0) is 23.7. The fraction of sp³-hybridized carbons (Fsp3) is 0.120. The number of hydrogen-bond donors (Lipinski definition) is 1. The third kappa shape index (κ3) is 4.08. The van der Waals surface area contributed by atoms with Gasteiger partial charge in [0.15, 0.2) is 11.3 Å². The van der Waals surface area contributed by atoms with Crippen molar-refractivity contribution in [2.24, 2.45) is 5.10 Å². The van der Waals surface area contributed by atoms with Gasteiger partial charge in [0.05, 0.1) is 29.1 Å². The molecular formula is C25H19N3O5S. The standard InChI is InChI=1S/C25H19N3O5S/c1-3-31-21-10-6-8-16-12-17(23(29)33-22(16)21)14(2)27-28-25-26-19(13-34-25)18-11-15-7-4-5-9-20(15)32-24(18)30/h4-13H,3H2,1-2H3,(H,26,28)/b27-14+. The van der Waals surface area contributed by atoms with E-state index in [0.29, 0.717) is 51.2 Å². The van der Waals surface area contributed by atoms with Gasteiger partial charge in [-0.1, -0.05) is 30.3 Å². The molecule has 0 saturated carbocycles. The second kappa shape index (κ2) is 8.95. The van der Waals surface area contributed by atoms with Gasteiger partial charge >= 0.3 is 11.3 Å². The molecule has 2 aromatic carbocycles. The molecule has 0 aliphatic carbocycles. The van der Waals surface area contributed by atoms with E-state index < -0.39 is 11.3 Å². The Morgan fingerprint density at radius 2 is 1.88 bits per heavy atom. The van der Waals surface area contributed by atoms with Gasteiger partial charge in [-0.3, -0.25) is 5.43 Å². The van der Waals surface area contributed by atoms with Crippen LogP contribution >= 0.6 is 11.3 Å². The summed E-state index contributed by atoms with van der Waals surface area (Å²) in [5, 5.41) is 8.04. The summed E-state index contributed by atoms with van der Waals surface area (Å²) in [6.07, 6.45) is 0. The third-order valence-corrected chi connectivity index (χ3v) is 5.90. The van der Waals surface area contributed by atoms with Gasteiger partial charge < -0.3 is 13.6 Å². The van der Waals surface area contributed by atoms with E-state index >= 15 is 0 Å². The molecule has 3 heterocycles. The molecule has 0 aliphatic rings. The number of aromatic nitrogens is 1. The Labute approximate surface area is 197 Å². The Morgan fingerprint density at radius 3 is 2.74 bits per heavy atom. The van der Waals surface area contributed by atoms with Crippen molar-refractivity contribution >= 4 is 44.1 Å². The lowest BCUT2D eigenvalue weighted by atomic mass is 10.1. The molecule has 5 rings (SSSR count). The Morgan fingerprint density at radius 1 is 1.06 bits per heavy atom. The Bertz CT molecular complexity index is 1670. The first-order valence-electron chi connectivity index (χ1n) is 10.5. The van der Waals surface area contributed by atoms with Crippen LogP contribution in [0.2, 0.25) is 0 Å². The normalized spacial score (nSPS) is 11.8. The first kappa shape index (κ1) is 21.6. The summed E-state index contributed by atoms with van der Waals surface area (Å²) in [6, 6.07) is 16.2. The van der Waals surface area contributed by atoms with Crippen LogP contribution in [-0.4, -0.2) is 17.3 Å². The first-order valence-corrected chi connectivity index (χ1v) is 11.4. The van der Waals surface area contributed by atoms with Crippen LogP contribution in [0.5, 0.6) is 5.75 Å². The Hall–Kier alpha value is -4.24. The minimum Gasteiger partial charge on any atom is -0.490 e. The highest BCUT2D eigenvalue weighted by atomic mass is 32.1. The lowest BCUT2D eigenvalue weighted by Gasteiger charge is -2.07. The number of nitrogens with zero attached hydrogens (tertiary/aromatic N) is 2. The van der Waals surface area contributed by atoms with Crippen molar-refractivity contribution in [2.45, 2.75) is 13.8 Å². The minimum absolute atomic E-state index is 0.320. The van der Waals surface area contributed by atoms with E-state index in [1.54, 1.807) is 36.6 Å². The molecule has 5 aromatic rings. The molecule has 8 nitrogen and oxygen atoms in total. The maximum atomic E-state index is 12.6. The minimum atomic E-state index is -0.517. The first-order chi connectivity index (χ1) is 16.5. The van der Waals surface area contributed by atoms with Crippen LogP contribution in [0.1, 0.15) is 19.4 Å². The van der Waals surface area contributed by atoms with Gasteiger partial charge in [0, 0.05) is 16.2 Å². The molecule has 0 fully saturated rings. The van der Waals surface area contributed by atoms with E-state index in [2.05, 4.69) is 15.5 Å². The highest BCUT2D eigenvalue weighted by molar-refractivity contribution is 7.14. The van der Waals surface area contributed by atoms with Crippen molar-refractivity contribution in [3.63, 3.8) is 0 Å². The monoisotopic (exact) mass is 473 g/mol. The fourth-order valence-electron chi connectivity index (χ4n) is 3.52. The molecule has 170 valence electrons. The molecule has 0 amide bonds. The zero-order valence-corrected chi connectivity index (χ0v) is 19.1. The number of hydrazone groups is 1. The van der Waals surface area contributed by atoms with Crippen LogP contribution in [0.25, 0.3) is 33.2 Å². The van der Waals surface area contributed by atoms with Crippen LogP contribution in [-0.2, 0) is 0 Å². The lowest BCUT2D eigenvalue weighted by Crippen LogP contribution is -2.13. The molecule has 0 radical (unpaired) electrons. The average Bonchev–Trinajstić information content (AvgIpc) is 3.31. The number of hydrogen-bond acceptors (Lipinski definition) is 9. The fourth-order valence-corrected chi connectivity index (χ4v) is 4.17. The van der Waals surface area contributed by atoms with E-state index in [1.165, 1.54) is 11.3 Å². The van der Waals surface area contributed by atoms with Crippen molar-refractivity contribution in [3.8, 4) is 17.0 Å². The number of para-hydroxylation sites is 2. The predicted octanol–water partition coefficient (Wildman–Crippen LogP) is 5.26. The molecule has 0 saturated heterocycles. The summed E-state index contributed by atoms with van der Waals surface area (Å²) in [5.41, 5.74) is 4.39. The molecule has 0 bridgehead atoms. The zero-order valence-electron chi connectivity index (χ0n) is 18.3. The van der Waals surface area contributed by atoms with Crippen LogP contribution in [0.3, 0.4) is 0 Å². The molecule has 9 heteroatoms. The SMILES string of the molecule is CCOc1cccc2cc(/C(C)=N/Nc3nc(-c4cc5ccccc5oc4=O)cs3)c(=O)oc12. The number of nitrogens with one attached hydrogen (secondary N) is 1. The van der Waals surface area contributed by atoms with Crippen LogP contribution in [0.4, 0.5) is 5.13 Å². The van der Waals surface area contributed by atoms with E-state index in [0.717, 1.165) is 10.8 Å². The molecule has 0 spiro atoms.